The summed E-state index contributed by atoms with van der Waals surface area (Å²) >= 11 is 1.64. The van der Waals surface area contributed by atoms with Crippen molar-refractivity contribution in [2.75, 3.05) is 23.0 Å². The third-order valence-corrected chi connectivity index (χ3v) is 13.8. The third-order valence-electron chi connectivity index (χ3n) is 10.4. The molecule has 0 aliphatic heterocycles. The van der Waals surface area contributed by atoms with Gasteiger partial charge in [0.05, 0.1) is 23.4 Å². The first-order chi connectivity index (χ1) is 29.1. The van der Waals surface area contributed by atoms with Gasteiger partial charge in [0.2, 0.25) is 0 Å². The SMILES string of the molecule is CCCCCCOP(=O)(OCCCCCC)c1cc(-c2ccc(N(c3ccccc3)c3ccccc3)cc2)sc1-c1ccc(N(c2ccccc2)c2ccccc2)cc1. The van der Waals surface area contributed by atoms with Crippen molar-refractivity contribution in [1.82, 2.24) is 0 Å². The standard InChI is InChI=1S/C52H55N2O3PS/c1-3-5-7-21-39-56-58(55,57-40-22-8-6-4-2)50-41-51(42-31-35-48(36-32-42)53(44-23-13-9-14-24-44)45-25-15-10-16-26-45)59-52(50)43-33-37-49(38-34-43)54(46-27-17-11-18-28-46)47-29-19-12-20-30-47/h9-20,23-38,41H,3-8,21-22,39-40H2,1-2H3. The minimum Gasteiger partial charge on any atom is -0.311 e. The van der Waals surface area contributed by atoms with Crippen molar-refractivity contribution in [1.29, 1.82) is 0 Å². The summed E-state index contributed by atoms with van der Waals surface area (Å²) in [5.74, 6) is 0. The van der Waals surface area contributed by atoms with E-state index in [-0.39, 0.29) is 0 Å². The van der Waals surface area contributed by atoms with Crippen molar-refractivity contribution in [2.45, 2.75) is 65.2 Å². The zero-order valence-corrected chi connectivity index (χ0v) is 36.0. The Bertz CT molecular complexity index is 2240. The van der Waals surface area contributed by atoms with Crippen LogP contribution in [0.2, 0.25) is 0 Å². The van der Waals surface area contributed by atoms with Gasteiger partial charge in [-0.2, -0.15) is 0 Å². The van der Waals surface area contributed by atoms with E-state index in [1.54, 1.807) is 11.3 Å². The van der Waals surface area contributed by atoms with Crippen LogP contribution in [-0.4, -0.2) is 13.2 Å². The molecule has 302 valence electrons. The third kappa shape index (κ3) is 10.7. The summed E-state index contributed by atoms with van der Waals surface area (Å²) in [7, 11) is -3.71. The zero-order chi connectivity index (χ0) is 40.7. The van der Waals surface area contributed by atoms with Crippen molar-refractivity contribution in [3.8, 4) is 20.9 Å². The number of rotatable bonds is 21. The maximum atomic E-state index is 15.3. The van der Waals surface area contributed by atoms with Gasteiger partial charge in [0, 0.05) is 39.0 Å². The lowest BCUT2D eigenvalue weighted by Gasteiger charge is -2.25. The molecule has 1 aromatic heterocycles. The van der Waals surface area contributed by atoms with Crippen LogP contribution in [0, 0.1) is 0 Å². The largest absolute Gasteiger partial charge is 0.362 e. The molecular weight excluding hydrogens is 764 g/mol. The molecule has 0 spiro atoms. The molecule has 0 atom stereocenters. The van der Waals surface area contributed by atoms with E-state index in [2.05, 4.69) is 175 Å². The van der Waals surface area contributed by atoms with Crippen LogP contribution in [0.15, 0.2) is 176 Å². The van der Waals surface area contributed by atoms with Gasteiger partial charge in [0.1, 0.15) is 0 Å². The van der Waals surface area contributed by atoms with Gasteiger partial charge in [-0.15, -0.1) is 11.3 Å². The molecule has 6 aromatic carbocycles. The highest BCUT2D eigenvalue weighted by Gasteiger charge is 2.33. The smallest absolute Gasteiger partial charge is 0.311 e. The van der Waals surface area contributed by atoms with Gasteiger partial charge in [0.25, 0.3) is 0 Å². The lowest BCUT2D eigenvalue weighted by molar-refractivity contribution is 0.206. The van der Waals surface area contributed by atoms with Crippen LogP contribution in [0.5, 0.6) is 0 Å². The molecule has 0 N–H and O–H groups in total. The summed E-state index contributed by atoms with van der Waals surface area (Å²) in [5, 5.41) is 0.637. The molecule has 0 aliphatic rings. The Morgan fingerprint density at radius 2 is 0.797 bits per heavy atom. The molecule has 1 heterocycles. The average Bonchev–Trinajstić information content (AvgIpc) is 3.75. The first kappa shape index (κ1) is 41.9. The number of anilines is 6. The predicted molar refractivity (Wildman–Crippen MR) is 252 cm³/mol. The van der Waals surface area contributed by atoms with Crippen LogP contribution in [0.1, 0.15) is 65.2 Å². The molecule has 0 bridgehead atoms. The number of thiophene rings is 1. The first-order valence-corrected chi connectivity index (χ1v) is 23.5. The number of benzene rings is 6. The molecule has 0 radical (unpaired) electrons. The second-order valence-electron chi connectivity index (χ2n) is 14.7. The van der Waals surface area contributed by atoms with Crippen LogP contribution in [0.25, 0.3) is 20.9 Å². The molecule has 0 saturated heterocycles. The van der Waals surface area contributed by atoms with Gasteiger partial charge in [0.15, 0.2) is 0 Å². The van der Waals surface area contributed by atoms with Crippen molar-refractivity contribution < 1.29 is 13.6 Å². The highest BCUT2D eigenvalue weighted by molar-refractivity contribution is 7.63. The van der Waals surface area contributed by atoms with Gasteiger partial charge in [-0.1, -0.05) is 149 Å². The zero-order valence-electron chi connectivity index (χ0n) is 34.3. The summed E-state index contributed by atoms with van der Waals surface area (Å²) < 4.78 is 28.1. The molecule has 7 aromatic rings. The van der Waals surface area contributed by atoms with Crippen LogP contribution in [-0.2, 0) is 13.6 Å². The predicted octanol–water partition coefficient (Wildman–Crippen LogP) is 16.0. The molecule has 5 nitrogen and oxygen atoms in total. The number of unbranched alkanes of at least 4 members (excludes halogenated alkanes) is 6. The van der Waals surface area contributed by atoms with E-state index in [1.165, 1.54) is 0 Å². The molecular formula is C52H55N2O3PS. The van der Waals surface area contributed by atoms with Crippen molar-refractivity contribution in [3.05, 3.63) is 176 Å². The molecule has 0 saturated carbocycles. The summed E-state index contributed by atoms with van der Waals surface area (Å²) in [6, 6.07) is 61.0. The van der Waals surface area contributed by atoms with E-state index < -0.39 is 7.60 Å². The molecule has 0 unspecified atom stereocenters. The quantitative estimate of drug-likeness (QED) is 0.0534. The van der Waals surface area contributed by atoms with Crippen molar-refractivity contribution in [2.24, 2.45) is 0 Å². The molecule has 0 aliphatic carbocycles. The van der Waals surface area contributed by atoms with E-state index >= 15 is 4.57 Å². The molecule has 0 fully saturated rings. The average molecular weight is 819 g/mol. The van der Waals surface area contributed by atoms with Gasteiger partial charge in [-0.25, -0.2) is 0 Å². The minimum absolute atomic E-state index is 0.391. The van der Waals surface area contributed by atoms with Gasteiger partial charge < -0.3 is 18.8 Å². The molecule has 7 rings (SSSR count). The van der Waals surface area contributed by atoms with E-state index in [1.807, 2.05) is 24.3 Å². The Morgan fingerprint density at radius 3 is 1.17 bits per heavy atom. The Morgan fingerprint density at radius 1 is 0.441 bits per heavy atom. The van der Waals surface area contributed by atoms with Crippen molar-refractivity contribution >= 4 is 58.4 Å². The number of para-hydroxylation sites is 4. The van der Waals surface area contributed by atoms with E-state index in [4.69, 9.17) is 9.05 Å². The molecule has 59 heavy (non-hydrogen) atoms. The topological polar surface area (TPSA) is 42.0 Å². The monoisotopic (exact) mass is 818 g/mol. The maximum Gasteiger partial charge on any atom is 0.362 e. The van der Waals surface area contributed by atoms with Crippen LogP contribution >= 0.6 is 18.9 Å². The lowest BCUT2D eigenvalue weighted by Crippen LogP contribution is -2.13. The molecule has 7 heteroatoms. The van der Waals surface area contributed by atoms with Gasteiger partial charge in [-0.05, 0) is 103 Å². The fourth-order valence-electron chi connectivity index (χ4n) is 7.28. The Balaban J connectivity index is 1.28. The highest BCUT2D eigenvalue weighted by Crippen LogP contribution is 2.53. The summed E-state index contributed by atoms with van der Waals surface area (Å²) in [6.45, 7) is 5.18. The van der Waals surface area contributed by atoms with Crippen molar-refractivity contribution in [3.63, 3.8) is 0 Å². The number of hydrogen-bond acceptors (Lipinski definition) is 6. The summed E-state index contributed by atoms with van der Waals surface area (Å²) in [6.07, 6.45) is 8.24. The number of nitrogens with zero attached hydrogens (tertiary/aromatic N) is 2. The summed E-state index contributed by atoms with van der Waals surface area (Å²) in [5.41, 5.74) is 8.42. The summed E-state index contributed by atoms with van der Waals surface area (Å²) in [4.78, 5) is 6.43. The minimum atomic E-state index is -3.71. The van der Waals surface area contributed by atoms with E-state index in [0.717, 1.165) is 106 Å². The highest BCUT2D eigenvalue weighted by atomic mass is 32.1. The van der Waals surface area contributed by atoms with E-state index in [0.29, 0.717) is 18.5 Å². The van der Waals surface area contributed by atoms with Gasteiger partial charge >= 0.3 is 7.60 Å². The first-order valence-electron chi connectivity index (χ1n) is 21.1. The van der Waals surface area contributed by atoms with Crippen LogP contribution in [0.3, 0.4) is 0 Å². The maximum absolute atomic E-state index is 15.3. The second-order valence-corrected chi connectivity index (χ2v) is 17.8. The normalized spacial score (nSPS) is 11.4. The van der Waals surface area contributed by atoms with Crippen LogP contribution in [0.4, 0.5) is 34.1 Å². The Kier molecular flexibility index (Phi) is 15.0. The van der Waals surface area contributed by atoms with Gasteiger partial charge in [-0.3, -0.25) is 4.57 Å². The van der Waals surface area contributed by atoms with Crippen LogP contribution < -0.4 is 15.1 Å². The Hall–Kier alpha value is -5.23. The fraction of sp³-hybridized carbons (Fsp3) is 0.231. The lowest BCUT2D eigenvalue weighted by atomic mass is 10.1. The number of hydrogen-bond donors (Lipinski definition) is 0. The second kappa shape index (κ2) is 21.2. The molecule has 0 amide bonds. The Labute approximate surface area is 355 Å². The fourth-order valence-corrected chi connectivity index (χ4v) is 10.7. The van der Waals surface area contributed by atoms with E-state index in [9.17, 15) is 0 Å².